The molecule has 0 bridgehead atoms. The lowest BCUT2D eigenvalue weighted by atomic mass is 10.1. The van der Waals surface area contributed by atoms with Crippen LogP contribution in [0, 0.1) is 0 Å². The van der Waals surface area contributed by atoms with Gasteiger partial charge in [-0.2, -0.15) is 0 Å². The van der Waals surface area contributed by atoms with Gasteiger partial charge >= 0.3 is 11.5 Å². The zero-order chi connectivity index (χ0) is 17.9. The topological polar surface area (TPSA) is 75.6 Å². The minimum Gasteiger partial charge on any atom is -0.478 e. The Morgan fingerprint density at radius 2 is 1.75 bits per heavy atom. The molecule has 1 amide bonds. The van der Waals surface area contributed by atoms with Gasteiger partial charge < -0.3 is 15.2 Å². The van der Waals surface area contributed by atoms with Crippen LogP contribution in [0.5, 0.6) is 5.75 Å². The molecule has 0 unspecified atom stereocenters. The average Bonchev–Trinajstić information content (AvgIpc) is 2.45. The van der Waals surface area contributed by atoms with Gasteiger partial charge in [-0.25, -0.2) is 4.79 Å². The van der Waals surface area contributed by atoms with Gasteiger partial charge in [-0.1, -0.05) is 17.7 Å². The molecule has 0 saturated carbocycles. The highest BCUT2D eigenvalue weighted by atomic mass is 35.5. The van der Waals surface area contributed by atoms with Crippen molar-refractivity contribution in [2.24, 2.45) is 0 Å². The van der Waals surface area contributed by atoms with E-state index in [0.29, 0.717) is 0 Å². The van der Waals surface area contributed by atoms with E-state index in [9.17, 15) is 18.4 Å². The molecule has 2 rings (SSSR count). The highest BCUT2D eigenvalue weighted by molar-refractivity contribution is 6.34. The number of nitrogens with one attached hydrogen (secondary N) is 1. The predicted octanol–water partition coefficient (Wildman–Crippen LogP) is 4.46. The summed E-state index contributed by atoms with van der Waals surface area (Å²) in [6.07, 6.45) is 0. The maximum atomic E-state index is 12.5. The second kappa shape index (κ2) is 7.02. The lowest BCUT2D eigenvalue weighted by molar-refractivity contribution is -0.0964. The number of alkyl halides is 3. The zero-order valence-corrected chi connectivity index (χ0v) is 13.2. The molecular weight excluding hydrogens is 367 g/mol. The summed E-state index contributed by atoms with van der Waals surface area (Å²) in [5.41, 5.74) is -4.01. The second-order valence-corrected chi connectivity index (χ2v) is 5.34. The normalized spacial score (nSPS) is 11.0. The Morgan fingerprint density at radius 1 is 1.12 bits per heavy atom. The molecule has 24 heavy (non-hydrogen) atoms. The molecule has 0 atom stereocenters. The van der Waals surface area contributed by atoms with Gasteiger partial charge in [-0.3, -0.25) is 4.79 Å². The van der Waals surface area contributed by atoms with E-state index < -0.39 is 17.4 Å². The van der Waals surface area contributed by atoms with E-state index >= 15 is 0 Å². The van der Waals surface area contributed by atoms with Gasteiger partial charge in [0.1, 0.15) is 11.3 Å². The van der Waals surface area contributed by atoms with Crippen LogP contribution < -0.4 is 10.1 Å². The Bertz CT molecular complexity index is 776. The third kappa shape index (κ3) is 4.56. The van der Waals surface area contributed by atoms with Crippen molar-refractivity contribution in [3.63, 3.8) is 0 Å². The number of anilines is 1. The first kappa shape index (κ1) is 18.0. The number of ether oxygens (including phenoxy) is 1. The van der Waals surface area contributed by atoms with Crippen LogP contribution in [0.15, 0.2) is 42.5 Å². The minimum atomic E-state index is -3.86. The first-order valence-corrected chi connectivity index (χ1v) is 7.12. The molecule has 0 aliphatic heterocycles. The molecule has 0 aliphatic rings. The molecule has 0 aliphatic carbocycles. The van der Waals surface area contributed by atoms with Crippen molar-refractivity contribution in [1.29, 1.82) is 0 Å². The van der Waals surface area contributed by atoms with Crippen molar-refractivity contribution in [2.45, 2.75) is 5.57 Å². The fourth-order valence-corrected chi connectivity index (χ4v) is 2.19. The van der Waals surface area contributed by atoms with E-state index in [1.165, 1.54) is 30.3 Å². The van der Waals surface area contributed by atoms with Crippen molar-refractivity contribution in [3.05, 3.63) is 58.6 Å². The van der Waals surface area contributed by atoms with E-state index in [-0.39, 0.29) is 27.6 Å². The van der Waals surface area contributed by atoms with Gasteiger partial charge in [0.15, 0.2) is 0 Å². The summed E-state index contributed by atoms with van der Waals surface area (Å²) in [4.78, 5) is 23.3. The lowest BCUT2D eigenvalue weighted by Gasteiger charge is -2.12. The van der Waals surface area contributed by atoms with Crippen LogP contribution in [0.4, 0.5) is 14.5 Å². The highest BCUT2D eigenvalue weighted by Gasteiger charge is 2.27. The first-order valence-electron chi connectivity index (χ1n) is 6.36. The summed E-state index contributed by atoms with van der Waals surface area (Å²) in [7, 11) is 0. The number of carboxylic acids is 1. The van der Waals surface area contributed by atoms with Gasteiger partial charge in [0.25, 0.3) is 5.91 Å². The monoisotopic (exact) mass is 375 g/mol. The summed E-state index contributed by atoms with van der Waals surface area (Å²) in [5.74, 6) is -2.19. The fraction of sp³-hybridized carbons (Fsp3) is 0.0667. The van der Waals surface area contributed by atoms with Crippen LogP contribution in [0.3, 0.4) is 0 Å². The number of carboxylic acid groups (broad SMARTS) is 1. The molecule has 9 heteroatoms. The Hall–Kier alpha value is -2.38. The number of hydrogen-bond donors (Lipinski definition) is 2. The SMILES string of the molecule is O=C(Nc1cccc(Cl)c1C(=O)O)c1ccc(OC(F)(F)Cl)cc1. The quantitative estimate of drug-likeness (QED) is 0.756. The van der Waals surface area contributed by atoms with E-state index in [2.05, 4.69) is 21.7 Å². The maximum Gasteiger partial charge on any atom is 0.487 e. The molecule has 0 heterocycles. The fourth-order valence-electron chi connectivity index (χ4n) is 1.85. The number of benzene rings is 2. The van der Waals surface area contributed by atoms with Crippen molar-refractivity contribution in [2.75, 3.05) is 5.32 Å². The number of carbonyl (C=O) groups is 2. The van der Waals surface area contributed by atoms with Gasteiger partial charge in [-0.05, 0) is 36.4 Å². The van der Waals surface area contributed by atoms with Crippen molar-refractivity contribution in [1.82, 2.24) is 0 Å². The Kier molecular flexibility index (Phi) is 5.26. The smallest absolute Gasteiger partial charge is 0.478 e. The van der Waals surface area contributed by atoms with Crippen LogP contribution >= 0.6 is 23.2 Å². The predicted molar refractivity (Wildman–Crippen MR) is 84.2 cm³/mol. The van der Waals surface area contributed by atoms with Gasteiger partial charge in [0, 0.05) is 17.2 Å². The number of halogens is 4. The van der Waals surface area contributed by atoms with E-state index in [4.69, 9.17) is 16.7 Å². The van der Waals surface area contributed by atoms with E-state index in [0.717, 1.165) is 12.1 Å². The van der Waals surface area contributed by atoms with Crippen LogP contribution in [0.1, 0.15) is 20.7 Å². The van der Waals surface area contributed by atoms with Crippen LogP contribution in [-0.2, 0) is 0 Å². The molecule has 2 aromatic carbocycles. The molecule has 5 nitrogen and oxygen atoms in total. The van der Waals surface area contributed by atoms with E-state index in [1.54, 1.807) is 0 Å². The van der Waals surface area contributed by atoms with Crippen LogP contribution in [0.25, 0.3) is 0 Å². The van der Waals surface area contributed by atoms with Crippen molar-refractivity contribution < 1.29 is 28.2 Å². The summed E-state index contributed by atoms with van der Waals surface area (Å²) >= 11 is 10.4. The second-order valence-electron chi connectivity index (χ2n) is 4.49. The summed E-state index contributed by atoms with van der Waals surface area (Å²) in [5, 5.41) is 11.5. The average molecular weight is 376 g/mol. The third-order valence-corrected chi connectivity index (χ3v) is 3.22. The number of rotatable bonds is 5. The Labute approximate surface area is 144 Å². The lowest BCUT2D eigenvalue weighted by Crippen LogP contribution is -2.16. The molecule has 0 saturated heterocycles. The van der Waals surface area contributed by atoms with Gasteiger partial charge in [0.2, 0.25) is 0 Å². The number of hydrogen-bond acceptors (Lipinski definition) is 3. The summed E-state index contributed by atoms with van der Waals surface area (Å²) in [6, 6.07) is 8.92. The Morgan fingerprint density at radius 3 is 2.29 bits per heavy atom. The standard InChI is InChI=1S/C15H9Cl2F2NO4/c16-10-2-1-3-11(12(10)14(22)23)20-13(21)8-4-6-9(7-5-8)24-15(17,18)19/h1-7H,(H,20,21)(H,22,23). The number of carbonyl (C=O) groups excluding carboxylic acids is 1. The van der Waals surface area contributed by atoms with Crippen LogP contribution in [0.2, 0.25) is 5.02 Å². The van der Waals surface area contributed by atoms with Crippen molar-refractivity contribution in [3.8, 4) is 5.75 Å². The van der Waals surface area contributed by atoms with Crippen molar-refractivity contribution >= 4 is 40.8 Å². The van der Waals surface area contributed by atoms with Gasteiger partial charge in [-0.15, -0.1) is 8.78 Å². The number of aromatic carboxylic acids is 1. The largest absolute Gasteiger partial charge is 0.487 e. The van der Waals surface area contributed by atoms with Crippen LogP contribution in [-0.4, -0.2) is 22.6 Å². The minimum absolute atomic E-state index is 0.00705. The highest BCUT2D eigenvalue weighted by Crippen LogP contribution is 2.27. The van der Waals surface area contributed by atoms with Gasteiger partial charge in [0.05, 0.1) is 10.7 Å². The molecule has 0 radical (unpaired) electrons. The molecule has 2 aromatic rings. The maximum absolute atomic E-state index is 12.5. The molecule has 0 fully saturated rings. The summed E-state index contributed by atoms with van der Waals surface area (Å²) in [6.45, 7) is 0. The van der Waals surface area contributed by atoms with E-state index in [1.807, 2.05) is 0 Å². The first-order chi connectivity index (χ1) is 11.2. The molecule has 0 aromatic heterocycles. The Balaban J connectivity index is 2.19. The molecule has 2 N–H and O–H groups in total. The zero-order valence-electron chi connectivity index (χ0n) is 11.7. The summed E-state index contributed by atoms with van der Waals surface area (Å²) < 4.78 is 29.1. The number of amides is 1. The third-order valence-electron chi connectivity index (χ3n) is 2.83. The molecule has 126 valence electrons. The molecular formula is C15H9Cl2F2NO4. The molecule has 0 spiro atoms.